The van der Waals surface area contributed by atoms with Crippen LogP contribution < -0.4 is 5.73 Å². The van der Waals surface area contributed by atoms with Crippen LogP contribution in [0.2, 0.25) is 0 Å². The lowest BCUT2D eigenvalue weighted by atomic mass is 9.94. The van der Waals surface area contributed by atoms with Crippen molar-refractivity contribution in [1.82, 2.24) is 4.31 Å². The summed E-state index contributed by atoms with van der Waals surface area (Å²) in [6, 6.07) is 0. The average molecular weight is 174 g/mol. The quantitative estimate of drug-likeness (QED) is 0.652. The van der Waals surface area contributed by atoms with Crippen LogP contribution in [0.25, 0.3) is 0 Å². The van der Waals surface area contributed by atoms with Crippen molar-refractivity contribution in [3.63, 3.8) is 0 Å². The maximum absolute atomic E-state index is 5.61. The highest BCUT2D eigenvalue weighted by Gasteiger charge is 2.25. The van der Waals surface area contributed by atoms with Crippen molar-refractivity contribution in [1.29, 1.82) is 0 Å². The molecule has 1 rings (SSSR count). The monoisotopic (exact) mass is 174 g/mol. The molecule has 2 unspecified atom stereocenters. The van der Waals surface area contributed by atoms with Crippen molar-refractivity contribution < 1.29 is 0 Å². The molecule has 0 saturated carbocycles. The second kappa shape index (κ2) is 4.33. The molecule has 0 aromatic carbocycles. The molecule has 1 fully saturated rings. The molecule has 1 aliphatic heterocycles. The molecule has 0 aromatic rings. The first-order chi connectivity index (χ1) is 5.27. The average Bonchev–Trinajstić information content (AvgIpc) is 2.50. The molecular weight excluding hydrogens is 156 g/mol. The number of nitrogens with two attached hydrogens (primary N) is 1. The molecule has 2 atom stereocenters. The van der Waals surface area contributed by atoms with Crippen LogP contribution >= 0.6 is 11.9 Å². The van der Waals surface area contributed by atoms with E-state index in [0.717, 1.165) is 12.5 Å². The summed E-state index contributed by atoms with van der Waals surface area (Å²) in [5, 5.41) is 0. The van der Waals surface area contributed by atoms with E-state index < -0.39 is 0 Å². The van der Waals surface area contributed by atoms with E-state index in [1.807, 2.05) is 11.9 Å². The van der Waals surface area contributed by atoms with Gasteiger partial charge >= 0.3 is 0 Å². The van der Waals surface area contributed by atoms with Gasteiger partial charge in [0.1, 0.15) is 0 Å². The highest BCUT2D eigenvalue weighted by atomic mass is 32.2. The first-order valence-electron chi connectivity index (χ1n) is 4.27. The fraction of sp³-hybridized carbons (Fsp3) is 1.00. The van der Waals surface area contributed by atoms with Gasteiger partial charge in [-0.15, -0.1) is 0 Å². The molecule has 0 radical (unpaired) electrons. The molecule has 3 heteroatoms. The molecule has 2 N–H and O–H groups in total. The predicted octanol–water partition coefficient (Wildman–Crippen LogP) is 1.18. The molecule has 2 nitrogen and oxygen atoms in total. The Morgan fingerprint density at radius 3 is 2.91 bits per heavy atom. The molecule has 0 spiro atoms. The van der Waals surface area contributed by atoms with Crippen LogP contribution in [0.15, 0.2) is 0 Å². The van der Waals surface area contributed by atoms with Gasteiger partial charge in [-0.3, -0.25) is 4.31 Å². The summed E-state index contributed by atoms with van der Waals surface area (Å²) >= 11 is 1.86. The molecule has 0 aromatic heterocycles. The molecule has 0 bridgehead atoms. The Hall–Kier alpha value is 0.270. The minimum atomic E-state index is 0.701. The van der Waals surface area contributed by atoms with Crippen molar-refractivity contribution in [2.24, 2.45) is 17.6 Å². The van der Waals surface area contributed by atoms with Gasteiger partial charge in [-0.1, -0.05) is 18.9 Å². The van der Waals surface area contributed by atoms with Gasteiger partial charge in [-0.2, -0.15) is 0 Å². The second-order valence-corrected chi connectivity index (χ2v) is 4.21. The van der Waals surface area contributed by atoms with E-state index in [1.165, 1.54) is 19.5 Å². The molecule has 1 saturated heterocycles. The zero-order chi connectivity index (χ0) is 8.27. The maximum atomic E-state index is 5.61. The standard InChI is InChI=1S/C8H18N2S/c1-7(5-9)8-3-4-10(6-8)11-2/h7-8H,3-6,9H2,1-2H3. The van der Waals surface area contributed by atoms with Crippen LogP contribution in [-0.2, 0) is 0 Å². The highest BCUT2D eigenvalue weighted by Crippen LogP contribution is 2.26. The zero-order valence-electron chi connectivity index (χ0n) is 7.42. The van der Waals surface area contributed by atoms with Crippen LogP contribution in [0.1, 0.15) is 13.3 Å². The van der Waals surface area contributed by atoms with Crippen molar-refractivity contribution in [3.05, 3.63) is 0 Å². The summed E-state index contributed by atoms with van der Waals surface area (Å²) < 4.78 is 2.43. The third-order valence-corrected chi connectivity index (χ3v) is 3.47. The smallest absolute Gasteiger partial charge is 0.0121 e. The normalized spacial score (nSPS) is 29.2. The topological polar surface area (TPSA) is 29.3 Å². The van der Waals surface area contributed by atoms with Gasteiger partial charge in [0.15, 0.2) is 0 Å². The SMILES string of the molecule is CSN1CCC(C(C)CN)C1. The van der Waals surface area contributed by atoms with E-state index >= 15 is 0 Å². The summed E-state index contributed by atoms with van der Waals surface area (Å²) in [6.07, 6.45) is 3.48. The summed E-state index contributed by atoms with van der Waals surface area (Å²) in [7, 11) is 0. The third-order valence-electron chi connectivity index (χ3n) is 2.62. The number of rotatable bonds is 3. The Morgan fingerprint density at radius 1 is 1.73 bits per heavy atom. The summed E-state index contributed by atoms with van der Waals surface area (Å²) in [5.74, 6) is 1.54. The van der Waals surface area contributed by atoms with Gasteiger partial charge < -0.3 is 5.73 Å². The van der Waals surface area contributed by atoms with E-state index in [9.17, 15) is 0 Å². The number of hydrogen-bond acceptors (Lipinski definition) is 3. The summed E-state index contributed by atoms with van der Waals surface area (Å²) in [4.78, 5) is 0. The maximum Gasteiger partial charge on any atom is 0.0121 e. The molecule has 11 heavy (non-hydrogen) atoms. The van der Waals surface area contributed by atoms with Gasteiger partial charge in [0, 0.05) is 13.1 Å². The number of hydrogen-bond donors (Lipinski definition) is 1. The fourth-order valence-corrected chi connectivity index (χ4v) is 2.21. The van der Waals surface area contributed by atoms with Crippen molar-refractivity contribution in [3.8, 4) is 0 Å². The first-order valence-corrected chi connectivity index (χ1v) is 5.45. The lowest BCUT2D eigenvalue weighted by Crippen LogP contribution is -2.22. The number of nitrogens with zero attached hydrogens (tertiary/aromatic N) is 1. The van der Waals surface area contributed by atoms with E-state index in [0.29, 0.717) is 5.92 Å². The Bertz CT molecular complexity index is 119. The molecular formula is C8H18N2S. The molecule has 1 heterocycles. The van der Waals surface area contributed by atoms with E-state index in [-0.39, 0.29) is 0 Å². The third kappa shape index (κ3) is 2.36. The van der Waals surface area contributed by atoms with Crippen LogP contribution in [0.4, 0.5) is 0 Å². The summed E-state index contributed by atoms with van der Waals surface area (Å²) in [5.41, 5.74) is 5.61. The summed E-state index contributed by atoms with van der Waals surface area (Å²) in [6.45, 7) is 5.58. The van der Waals surface area contributed by atoms with Crippen LogP contribution in [-0.4, -0.2) is 30.2 Å². The van der Waals surface area contributed by atoms with Gasteiger partial charge in [0.05, 0.1) is 0 Å². The van der Waals surface area contributed by atoms with E-state index in [4.69, 9.17) is 5.73 Å². The predicted molar refractivity (Wildman–Crippen MR) is 51.4 cm³/mol. The minimum Gasteiger partial charge on any atom is -0.330 e. The van der Waals surface area contributed by atoms with Crippen molar-refractivity contribution >= 4 is 11.9 Å². The van der Waals surface area contributed by atoms with Gasteiger partial charge in [0.25, 0.3) is 0 Å². The second-order valence-electron chi connectivity index (χ2n) is 3.33. The Labute approximate surface area is 73.6 Å². The Kier molecular flexibility index (Phi) is 3.69. The van der Waals surface area contributed by atoms with Crippen LogP contribution in [0.3, 0.4) is 0 Å². The van der Waals surface area contributed by atoms with Gasteiger partial charge in [0.2, 0.25) is 0 Å². The van der Waals surface area contributed by atoms with E-state index in [1.54, 1.807) is 0 Å². The van der Waals surface area contributed by atoms with Crippen LogP contribution in [0, 0.1) is 11.8 Å². The Balaban J connectivity index is 2.29. The van der Waals surface area contributed by atoms with Crippen molar-refractivity contribution in [2.45, 2.75) is 13.3 Å². The largest absolute Gasteiger partial charge is 0.330 e. The highest BCUT2D eigenvalue weighted by molar-refractivity contribution is 7.96. The lowest BCUT2D eigenvalue weighted by Gasteiger charge is -2.17. The molecule has 66 valence electrons. The van der Waals surface area contributed by atoms with Gasteiger partial charge in [-0.05, 0) is 31.1 Å². The molecule has 1 aliphatic rings. The zero-order valence-corrected chi connectivity index (χ0v) is 8.23. The van der Waals surface area contributed by atoms with Crippen molar-refractivity contribution in [2.75, 3.05) is 25.9 Å². The fourth-order valence-electron chi connectivity index (χ4n) is 1.58. The van der Waals surface area contributed by atoms with E-state index in [2.05, 4.69) is 17.5 Å². The van der Waals surface area contributed by atoms with Crippen LogP contribution in [0.5, 0.6) is 0 Å². The molecule has 0 amide bonds. The first kappa shape index (κ1) is 9.36. The lowest BCUT2D eigenvalue weighted by molar-refractivity contribution is 0.381. The Morgan fingerprint density at radius 2 is 2.45 bits per heavy atom. The molecule has 0 aliphatic carbocycles. The minimum absolute atomic E-state index is 0.701. The van der Waals surface area contributed by atoms with Gasteiger partial charge in [-0.25, -0.2) is 0 Å².